The first kappa shape index (κ1) is 14.3. The second-order valence-electron chi connectivity index (χ2n) is 6.16. The average Bonchev–Trinajstić information content (AvgIpc) is 2.98. The van der Waals surface area contributed by atoms with Gasteiger partial charge in [-0.3, -0.25) is 9.67 Å². The molecule has 1 saturated heterocycles. The first-order chi connectivity index (χ1) is 10.3. The lowest BCUT2D eigenvalue weighted by Crippen LogP contribution is -2.28. The normalized spacial score (nSPS) is 16.5. The van der Waals surface area contributed by atoms with Crippen molar-refractivity contribution in [3.63, 3.8) is 0 Å². The Morgan fingerprint density at radius 3 is 2.81 bits per heavy atom. The second kappa shape index (κ2) is 6.39. The largest absolute Gasteiger partial charge is 0.317 e. The molecule has 0 aromatic carbocycles. The van der Waals surface area contributed by atoms with Crippen LogP contribution in [0.15, 0.2) is 30.6 Å². The van der Waals surface area contributed by atoms with E-state index < -0.39 is 0 Å². The van der Waals surface area contributed by atoms with E-state index in [9.17, 15) is 0 Å². The van der Waals surface area contributed by atoms with Crippen LogP contribution in [-0.2, 0) is 6.42 Å². The van der Waals surface area contributed by atoms with Gasteiger partial charge in [0.05, 0.1) is 11.4 Å². The summed E-state index contributed by atoms with van der Waals surface area (Å²) in [6.45, 7) is 6.60. The maximum Gasteiger partial charge on any atom is 0.0915 e. The maximum atomic E-state index is 4.65. The van der Waals surface area contributed by atoms with Crippen LogP contribution in [-0.4, -0.2) is 27.9 Å². The van der Waals surface area contributed by atoms with E-state index in [1.54, 1.807) is 0 Å². The van der Waals surface area contributed by atoms with E-state index >= 15 is 0 Å². The van der Waals surface area contributed by atoms with Gasteiger partial charge in [0.2, 0.25) is 0 Å². The molecule has 0 amide bonds. The Balaban J connectivity index is 1.90. The number of hydrogen-bond acceptors (Lipinski definition) is 3. The molecule has 112 valence electrons. The molecule has 4 heteroatoms. The van der Waals surface area contributed by atoms with Crippen molar-refractivity contribution in [1.82, 2.24) is 20.1 Å². The van der Waals surface area contributed by atoms with Crippen LogP contribution in [0.4, 0.5) is 0 Å². The van der Waals surface area contributed by atoms with Crippen LogP contribution in [0.2, 0.25) is 0 Å². The number of pyridine rings is 1. The zero-order chi connectivity index (χ0) is 14.7. The van der Waals surface area contributed by atoms with Gasteiger partial charge in [0.1, 0.15) is 0 Å². The van der Waals surface area contributed by atoms with Gasteiger partial charge in [-0.1, -0.05) is 6.07 Å². The minimum atomic E-state index is 0.351. The van der Waals surface area contributed by atoms with Gasteiger partial charge in [-0.2, -0.15) is 5.10 Å². The Kier molecular flexibility index (Phi) is 4.34. The topological polar surface area (TPSA) is 42.7 Å². The van der Waals surface area contributed by atoms with E-state index in [1.165, 1.54) is 18.4 Å². The molecule has 1 N–H and O–H groups in total. The second-order valence-corrected chi connectivity index (χ2v) is 6.16. The lowest BCUT2D eigenvalue weighted by molar-refractivity contribution is 0.372. The van der Waals surface area contributed by atoms with Crippen LogP contribution in [0.3, 0.4) is 0 Å². The molecular formula is C17H24N4. The number of aromatic nitrogens is 3. The van der Waals surface area contributed by atoms with Crippen molar-refractivity contribution < 1.29 is 0 Å². The van der Waals surface area contributed by atoms with Crippen molar-refractivity contribution in [2.24, 2.45) is 5.92 Å². The Labute approximate surface area is 126 Å². The van der Waals surface area contributed by atoms with E-state index in [4.69, 9.17) is 0 Å². The summed E-state index contributed by atoms with van der Waals surface area (Å²) in [6, 6.07) is 6.70. The van der Waals surface area contributed by atoms with Gasteiger partial charge in [0.15, 0.2) is 0 Å². The summed E-state index contributed by atoms with van der Waals surface area (Å²) in [4.78, 5) is 4.65. The number of hydrogen-bond donors (Lipinski definition) is 1. The fourth-order valence-corrected chi connectivity index (χ4v) is 3.14. The lowest BCUT2D eigenvalue weighted by Gasteiger charge is -2.23. The molecule has 0 radical (unpaired) electrons. The van der Waals surface area contributed by atoms with Gasteiger partial charge >= 0.3 is 0 Å². The summed E-state index contributed by atoms with van der Waals surface area (Å²) >= 11 is 0. The van der Waals surface area contributed by atoms with Crippen LogP contribution >= 0.6 is 0 Å². The fourth-order valence-electron chi connectivity index (χ4n) is 3.14. The van der Waals surface area contributed by atoms with Crippen molar-refractivity contribution in [3.8, 4) is 11.4 Å². The van der Waals surface area contributed by atoms with Gasteiger partial charge in [0, 0.05) is 18.4 Å². The quantitative estimate of drug-likeness (QED) is 0.938. The van der Waals surface area contributed by atoms with Gasteiger partial charge in [0.25, 0.3) is 0 Å². The molecule has 1 fully saturated rings. The Bertz CT molecular complexity index is 582. The van der Waals surface area contributed by atoms with E-state index in [1.807, 2.05) is 12.4 Å². The third kappa shape index (κ3) is 3.16. The predicted molar refractivity (Wildman–Crippen MR) is 85.1 cm³/mol. The van der Waals surface area contributed by atoms with Gasteiger partial charge in [-0.15, -0.1) is 0 Å². The molecule has 2 aromatic heterocycles. The molecule has 0 saturated carbocycles. The van der Waals surface area contributed by atoms with Gasteiger partial charge < -0.3 is 5.32 Å². The molecule has 3 rings (SSSR count). The molecule has 0 spiro atoms. The third-order valence-corrected chi connectivity index (χ3v) is 4.26. The summed E-state index contributed by atoms with van der Waals surface area (Å²) in [5, 5.41) is 7.88. The van der Waals surface area contributed by atoms with Crippen molar-refractivity contribution in [3.05, 3.63) is 36.2 Å². The third-order valence-electron chi connectivity index (χ3n) is 4.26. The lowest BCUT2D eigenvalue weighted by atomic mass is 9.90. The fraction of sp³-hybridized carbons (Fsp3) is 0.529. The molecule has 1 aliphatic heterocycles. The highest BCUT2D eigenvalue weighted by Gasteiger charge is 2.18. The van der Waals surface area contributed by atoms with Crippen molar-refractivity contribution in [1.29, 1.82) is 0 Å². The molecule has 2 aromatic rings. The number of piperidine rings is 1. The molecular weight excluding hydrogens is 260 g/mol. The smallest absolute Gasteiger partial charge is 0.0915 e. The molecule has 0 unspecified atom stereocenters. The highest BCUT2D eigenvalue weighted by molar-refractivity contribution is 5.59. The minimum absolute atomic E-state index is 0.351. The highest BCUT2D eigenvalue weighted by atomic mass is 15.3. The van der Waals surface area contributed by atoms with E-state index in [2.05, 4.69) is 52.1 Å². The molecule has 0 bridgehead atoms. The first-order valence-corrected chi connectivity index (χ1v) is 7.94. The van der Waals surface area contributed by atoms with E-state index in [-0.39, 0.29) is 0 Å². The summed E-state index contributed by atoms with van der Waals surface area (Å²) in [5.74, 6) is 0.768. The van der Waals surface area contributed by atoms with Crippen molar-refractivity contribution in [2.75, 3.05) is 13.1 Å². The van der Waals surface area contributed by atoms with Crippen LogP contribution in [0.25, 0.3) is 11.4 Å². The molecule has 1 aliphatic rings. The standard InChI is InChI=1S/C17H24N4/c1-13(2)21-16(7-11-20-21)17-15(4-3-8-19-17)12-14-5-9-18-10-6-14/h3-4,7-8,11,13-14,18H,5-6,9-10,12H2,1-2H3. The van der Waals surface area contributed by atoms with Crippen LogP contribution in [0.1, 0.15) is 38.3 Å². The number of nitrogens with one attached hydrogen (secondary N) is 1. The van der Waals surface area contributed by atoms with Crippen molar-refractivity contribution >= 4 is 0 Å². The van der Waals surface area contributed by atoms with E-state index in [0.717, 1.165) is 36.8 Å². The minimum Gasteiger partial charge on any atom is -0.317 e. The van der Waals surface area contributed by atoms with Crippen LogP contribution < -0.4 is 5.32 Å². The number of rotatable bonds is 4. The Morgan fingerprint density at radius 2 is 2.05 bits per heavy atom. The average molecular weight is 284 g/mol. The predicted octanol–water partition coefficient (Wildman–Crippen LogP) is 3.07. The first-order valence-electron chi connectivity index (χ1n) is 7.94. The molecule has 4 nitrogen and oxygen atoms in total. The van der Waals surface area contributed by atoms with Gasteiger partial charge in [-0.25, -0.2) is 0 Å². The highest BCUT2D eigenvalue weighted by Crippen LogP contribution is 2.27. The number of nitrogens with zero attached hydrogens (tertiary/aromatic N) is 3. The van der Waals surface area contributed by atoms with Crippen LogP contribution in [0, 0.1) is 5.92 Å². The SMILES string of the molecule is CC(C)n1nccc1-c1ncccc1CC1CCNCC1. The summed E-state index contributed by atoms with van der Waals surface area (Å²) in [7, 11) is 0. The maximum absolute atomic E-state index is 4.65. The molecule has 3 heterocycles. The van der Waals surface area contributed by atoms with Crippen molar-refractivity contribution in [2.45, 2.75) is 39.2 Å². The molecule has 0 aliphatic carbocycles. The Morgan fingerprint density at radius 1 is 1.24 bits per heavy atom. The summed E-state index contributed by atoms with van der Waals surface area (Å²) < 4.78 is 2.06. The monoisotopic (exact) mass is 284 g/mol. The molecule has 0 atom stereocenters. The van der Waals surface area contributed by atoms with Gasteiger partial charge in [-0.05, 0) is 69.8 Å². The zero-order valence-electron chi connectivity index (χ0n) is 12.9. The van der Waals surface area contributed by atoms with E-state index in [0.29, 0.717) is 6.04 Å². The zero-order valence-corrected chi connectivity index (χ0v) is 12.9. The summed E-state index contributed by atoms with van der Waals surface area (Å²) in [6.07, 6.45) is 7.40. The van der Waals surface area contributed by atoms with Crippen LogP contribution in [0.5, 0.6) is 0 Å². The molecule has 21 heavy (non-hydrogen) atoms. The summed E-state index contributed by atoms with van der Waals surface area (Å²) in [5.41, 5.74) is 3.59. The Hall–Kier alpha value is -1.68.